The van der Waals surface area contributed by atoms with Crippen LogP contribution in [0.1, 0.15) is 37.4 Å². The highest BCUT2D eigenvalue weighted by Gasteiger charge is 2.28. The Bertz CT molecular complexity index is 960. The number of carbonyl (C=O) groups excluding carboxylic acids is 1. The van der Waals surface area contributed by atoms with Crippen LogP contribution in [0.3, 0.4) is 0 Å². The van der Waals surface area contributed by atoms with E-state index in [-0.39, 0.29) is 17.5 Å². The van der Waals surface area contributed by atoms with Crippen LogP contribution in [-0.2, 0) is 11.3 Å². The fourth-order valence-electron chi connectivity index (χ4n) is 3.81. The van der Waals surface area contributed by atoms with Gasteiger partial charge in [0.25, 0.3) is 0 Å². The molecule has 4 rings (SSSR count). The van der Waals surface area contributed by atoms with Crippen molar-refractivity contribution in [2.24, 2.45) is 0 Å². The summed E-state index contributed by atoms with van der Waals surface area (Å²) in [5.41, 5.74) is 0.546. The quantitative estimate of drug-likeness (QED) is 0.708. The molecular formula is C20H24N6O2. The zero-order chi connectivity index (χ0) is 19.3. The van der Waals surface area contributed by atoms with Gasteiger partial charge in [0.2, 0.25) is 5.91 Å². The third-order valence-electron chi connectivity index (χ3n) is 5.22. The van der Waals surface area contributed by atoms with Gasteiger partial charge in [-0.25, -0.2) is 19.4 Å². The molecule has 0 aliphatic carbocycles. The zero-order valence-corrected chi connectivity index (χ0v) is 15.7. The van der Waals surface area contributed by atoms with Gasteiger partial charge >= 0.3 is 5.69 Å². The number of aromatic nitrogens is 5. The maximum atomic E-state index is 12.7. The summed E-state index contributed by atoms with van der Waals surface area (Å²) in [5.74, 6) is 0.909. The van der Waals surface area contributed by atoms with Crippen LogP contribution in [0, 0.1) is 0 Å². The van der Waals surface area contributed by atoms with E-state index in [1.54, 1.807) is 17.1 Å². The Labute approximate surface area is 162 Å². The van der Waals surface area contributed by atoms with E-state index in [9.17, 15) is 9.59 Å². The number of rotatable bonds is 6. The molecule has 1 aliphatic heterocycles. The van der Waals surface area contributed by atoms with E-state index in [1.807, 2.05) is 46.0 Å². The van der Waals surface area contributed by atoms with Gasteiger partial charge in [-0.3, -0.25) is 4.79 Å². The number of amides is 1. The number of benzene rings is 1. The van der Waals surface area contributed by atoms with Crippen molar-refractivity contribution in [3.8, 4) is 5.69 Å². The highest BCUT2D eigenvalue weighted by molar-refractivity contribution is 5.76. The minimum Gasteiger partial charge on any atom is -0.342 e. The molecule has 3 heterocycles. The van der Waals surface area contributed by atoms with Gasteiger partial charge in [0.1, 0.15) is 5.82 Å². The first-order chi connectivity index (χ1) is 13.7. The van der Waals surface area contributed by atoms with Crippen molar-refractivity contribution in [3.63, 3.8) is 0 Å². The normalized spacial score (nSPS) is 17.0. The first-order valence-electron chi connectivity index (χ1n) is 9.68. The predicted molar refractivity (Wildman–Crippen MR) is 104 cm³/mol. The van der Waals surface area contributed by atoms with Gasteiger partial charge in [0, 0.05) is 44.4 Å². The number of aryl methyl sites for hydroxylation is 1. The second-order valence-corrected chi connectivity index (χ2v) is 7.14. The van der Waals surface area contributed by atoms with Gasteiger partial charge in [0.15, 0.2) is 0 Å². The van der Waals surface area contributed by atoms with E-state index >= 15 is 0 Å². The fourth-order valence-corrected chi connectivity index (χ4v) is 3.81. The van der Waals surface area contributed by atoms with Gasteiger partial charge in [-0.15, -0.1) is 0 Å². The summed E-state index contributed by atoms with van der Waals surface area (Å²) in [6.45, 7) is 2.15. The average Bonchev–Trinajstić information content (AvgIpc) is 3.38. The molecule has 28 heavy (non-hydrogen) atoms. The third kappa shape index (κ3) is 3.90. The molecule has 3 aromatic rings. The smallest absolute Gasteiger partial charge is 0.342 e. The molecule has 1 fully saturated rings. The van der Waals surface area contributed by atoms with Crippen LogP contribution >= 0.6 is 0 Å². The Balaban J connectivity index is 1.43. The van der Waals surface area contributed by atoms with Gasteiger partial charge in [-0.1, -0.05) is 18.2 Å². The molecule has 1 N–H and O–H groups in total. The van der Waals surface area contributed by atoms with E-state index in [0.29, 0.717) is 18.8 Å². The number of piperidine rings is 1. The highest BCUT2D eigenvalue weighted by Crippen LogP contribution is 2.26. The van der Waals surface area contributed by atoms with Crippen molar-refractivity contribution in [2.75, 3.05) is 13.1 Å². The highest BCUT2D eigenvalue weighted by atomic mass is 16.2. The lowest BCUT2D eigenvalue weighted by molar-refractivity contribution is -0.132. The fraction of sp³-hybridized carbons (Fsp3) is 0.400. The van der Waals surface area contributed by atoms with Crippen LogP contribution in [0.2, 0.25) is 0 Å². The minimum atomic E-state index is -0.245. The standard InChI is InChI=1S/C20H24N6O2/c27-18(9-5-11-24-13-10-21-15-24)25-12-4-6-16(14-25)19-22-23-20(28)26(19)17-7-2-1-3-8-17/h1-3,7-8,10,13,15-16H,4-6,9,11-12,14H2,(H,23,28)/t16-/m0/s1. The Kier molecular flexibility index (Phi) is 5.36. The molecule has 146 valence electrons. The summed E-state index contributed by atoms with van der Waals surface area (Å²) in [6.07, 6.45) is 8.53. The van der Waals surface area contributed by atoms with Crippen LogP contribution in [-0.4, -0.2) is 48.2 Å². The van der Waals surface area contributed by atoms with Crippen molar-refractivity contribution in [3.05, 3.63) is 65.4 Å². The number of para-hydroxylation sites is 1. The van der Waals surface area contributed by atoms with Crippen LogP contribution < -0.4 is 5.69 Å². The summed E-state index contributed by atoms with van der Waals surface area (Å²) in [4.78, 5) is 30.9. The number of hydrogen-bond acceptors (Lipinski definition) is 4. The van der Waals surface area contributed by atoms with Gasteiger partial charge in [0.05, 0.1) is 12.0 Å². The molecule has 8 nitrogen and oxygen atoms in total. The van der Waals surface area contributed by atoms with E-state index < -0.39 is 0 Å². The van der Waals surface area contributed by atoms with Crippen LogP contribution in [0.4, 0.5) is 0 Å². The van der Waals surface area contributed by atoms with Crippen molar-refractivity contribution < 1.29 is 4.79 Å². The number of aromatic amines is 1. The van der Waals surface area contributed by atoms with Crippen molar-refractivity contribution in [1.82, 2.24) is 29.2 Å². The molecule has 2 aromatic heterocycles. The molecular weight excluding hydrogens is 356 g/mol. The first-order valence-corrected chi connectivity index (χ1v) is 9.68. The zero-order valence-electron chi connectivity index (χ0n) is 15.7. The maximum Gasteiger partial charge on any atom is 0.347 e. The molecule has 1 aromatic carbocycles. The van der Waals surface area contributed by atoms with Gasteiger partial charge < -0.3 is 9.47 Å². The Morgan fingerprint density at radius 3 is 2.89 bits per heavy atom. The average molecular weight is 380 g/mol. The number of nitrogens with zero attached hydrogens (tertiary/aromatic N) is 5. The van der Waals surface area contributed by atoms with Gasteiger partial charge in [-0.2, -0.15) is 5.10 Å². The van der Waals surface area contributed by atoms with E-state index in [1.165, 1.54) is 0 Å². The number of H-pyrrole nitrogens is 1. The number of hydrogen-bond donors (Lipinski definition) is 1. The molecule has 0 saturated carbocycles. The predicted octanol–water partition coefficient (Wildman–Crippen LogP) is 1.94. The lowest BCUT2D eigenvalue weighted by atomic mass is 9.96. The lowest BCUT2D eigenvalue weighted by Gasteiger charge is -2.32. The van der Waals surface area contributed by atoms with Crippen molar-refractivity contribution in [2.45, 2.75) is 38.1 Å². The summed E-state index contributed by atoms with van der Waals surface area (Å²) in [6, 6.07) is 9.49. The molecule has 0 spiro atoms. The first kappa shape index (κ1) is 18.2. The Morgan fingerprint density at radius 2 is 2.11 bits per heavy atom. The number of nitrogens with one attached hydrogen (secondary N) is 1. The maximum absolute atomic E-state index is 12.7. The molecule has 0 radical (unpaired) electrons. The molecule has 0 unspecified atom stereocenters. The minimum absolute atomic E-state index is 0.0468. The molecule has 1 aliphatic rings. The van der Waals surface area contributed by atoms with Crippen LogP contribution in [0.25, 0.3) is 5.69 Å². The third-order valence-corrected chi connectivity index (χ3v) is 5.22. The molecule has 1 amide bonds. The molecule has 8 heteroatoms. The summed E-state index contributed by atoms with van der Waals surface area (Å²) in [7, 11) is 0. The van der Waals surface area contributed by atoms with Crippen LogP contribution in [0.5, 0.6) is 0 Å². The SMILES string of the molecule is O=C(CCCn1ccnc1)N1CCC[C@H](c2n[nH]c(=O)n2-c2ccccc2)C1. The van der Waals surface area contributed by atoms with E-state index in [4.69, 9.17) is 0 Å². The van der Waals surface area contributed by atoms with Crippen molar-refractivity contribution in [1.29, 1.82) is 0 Å². The summed E-state index contributed by atoms with van der Waals surface area (Å²) < 4.78 is 3.60. The Morgan fingerprint density at radius 1 is 1.25 bits per heavy atom. The van der Waals surface area contributed by atoms with Gasteiger partial charge in [-0.05, 0) is 31.4 Å². The van der Waals surface area contributed by atoms with E-state index in [2.05, 4.69) is 15.2 Å². The number of imidazole rings is 1. The lowest BCUT2D eigenvalue weighted by Crippen LogP contribution is -2.40. The van der Waals surface area contributed by atoms with Crippen LogP contribution in [0.15, 0.2) is 53.8 Å². The van der Waals surface area contributed by atoms with E-state index in [0.717, 1.165) is 38.0 Å². The Hall–Kier alpha value is -3.16. The second kappa shape index (κ2) is 8.24. The molecule has 1 saturated heterocycles. The topological polar surface area (TPSA) is 88.8 Å². The largest absolute Gasteiger partial charge is 0.347 e. The number of likely N-dealkylation sites (tertiary alicyclic amines) is 1. The summed E-state index contributed by atoms with van der Waals surface area (Å²) >= 11 is 0. The van der Waals surface area contributed by atoms with Crippen molar-refractivity contribution >= 4 is 5.91 Å². The summed E-state index contributed by atoms with van der Waals surface area (Å²) in [5, 5.41) is 6.85. The number of carbonyl (C=O) groups is 1. The molecule has 0 bridgehead atoms. The molecule has 1 atom stereocenters. The monoisotopic (exact) mass is 380 g/mol. The second-order valence-electron chi connectivity index (χ2n) is 7.14.